The quantitative estimate of drug-likeness (QED) is 0.463. The second-order valence-corrected chi connectivity index (χ2v) is 8.03. The van der Waals surface area contributed by atoms with Crippen LogP contribution in [0, 0.1) is 6.92 Å². The number of amides is 1. The zero-order valence-electron chi connectivity index (χ0n) is 18.0. The maximum Gasteiger partial charge on any atom is 0.289 e. The van der Waals surface area contributed by atoms with Crippen LogP contribution in [0.3, 0.4) is 0 Å². The Labute approximate surface area is 187 Å². The third-order valence-electron chi connectivity index (χ3n) is 5.77. The zero-order valence-corrected chi connectivity index (χ0v) is 18.0. The van der Waals surface area contributed by atoms with Crippen molar-refractivity contribution in [1.29, 1.82) is 0 Å². The van der Waals surface area contributed by atoms with E-state index in [9.17, 15) is 4.79 Å². The monoisotopic (exact) mass is 427 g/mol. The van der Waals surface area contributed by atoms with Gasteiger partial charge in [0.05, 0.1) is 6.26 Å². The zero-order chi connectivity index (χ0) is 21.9. The number of rotatable bonds is 5. The molecule has 0 bridgehead atoms. The topological polar surface area (TPSA) is 58.8 Å². The van der Waals surface area contributed by atoms with Crippen molar-refractivity contribution in [3.05, 3.63) is 89.9 Å². The smallest absolute Gasteiger partial charge is 0.289 e. The molecule has 32 heavy (non-hydrogen) atoms. The van der Waals surface area contributed by atoms with Crippen LogP contribution in [0.5, 0.6) is 5.75 Å². The lowest BCUT2D eigenvalue weighted by atomic mass is 10.1. The fourth-order valence-corrected chi connectivity index (χ4v) is 4.06. The van der Waals surface area contributed by atoms with Gasteiger partial charge in [-0.15, -0.1) is 0 Å². The van der Waals surface area contributed by atoms with Gasteiger partial charge in [0, 0.05) is 31.6 Å². The van der Waals surface area contributed by atoms with Crippen molar-refractivity contribution in [2.24, 2.45) is 0 Å². The van der Waals surface area contributed by atoms with E-state index in [2.05, 4.69) is 36.1 Å². The highest BCUT2D eigenvalue weighted by molar-refractivity contribution is 5.91. The predicted octanol–water partition coefficient (Wildman–Crippen LogP) is 4.68. The van der Waals surface area contributed by atoms with Crippen LogP contribution in [-0.4, -0.2) is 42.0 Å². The van der Waals surface area contributed by atoms with Crippen molar-refractivity contribution in [3.8, 4) is 5.75 Å². The van der Waals surface area contributed by atoms with Gasteiger partial charge in [0.1, 0.15) is 23.7 Å². The fraction of sp³-hybridized carbons (Fsp3) is 0.231. The Morgan fingerprint density at radius 3 is 2.62 bits per heavy atom. The minimum Gasteiger partial charge on any atom is -0.487 e. The summed E-state index contributed by atoms with van der Waals surface area (Å²) in [4.78, 5) is 21.5. The molecular weight excluding hydrogens is 402 g/mol. The van der Waals surface area contributed by atoms with Gasteiger partial charge in [0.25, 0.3) is 5.91 Å². The number of hydrogen-bond donors (Lipinski definition) is 0. The summed E-state index contributed by atoms with van der Waals surface area (Å²) in [5, 5.41) is 1.04. The number of ether oxygens (including phenoxy) is 1. The van der Waals surface area contributed by atoms with E-state index in [1.54, 1.807) is 12.1 Å². The van der Waals surface area contributed by atoms with Crippen molar-refractivity contribution in [2.75, 3.05) is 31.1 Å². The van der Waals surface area contributed by atoms with Gasteiger partial charge >= 0.3 is 0 Å². The summed E-state index contributed by atoms with van der Waals surface area (Å²) >= 11 is 0. The van der Waals surface area contributed by atoms with Crippen LogP contribution in [0.1, 0.15) is 21.7 Å². The molecule has 0 radical (unpaired) electrons. The lowest BCUT2D eigenvalue weighted by Crippen LogP contribution is -2.49. The summed E-state index contributed by atoms with van der Waals surface area (Å²) in [6.45, 7) is 5.28. The van der Waals surface area contributed by atoms with Crippen LogP contribution in [-0.2, 0) is 6.61 Å². The Morgan fingerprint density at radius 2 is 1.84 bits per heavy atom. The maximum absolute atomic E-state index is 12.5. The Bertz CT molecular complexity index is 1230. The molecule has 4 aromatic rings. The molecule has 6 heteroatoms. The van der Waals surface area contributed by atoms with Gasteiger partial charge in [0.2, 0.25) is 0 Å². The molecule has 0 spiro atoms. The van der Waals surface area contributed by atoms with Gasteiger partial charge in [-0.2, -0.15) is 0 Å². The molecule has 162 valence electrons. The molecule has 2 aromatic heterocycles. The van der Waals surface area contributed by atoms with E-state index < -0.39 is 0 Å². The van der Waals surface area contributed by atoms with Crippen LogP contribution < -0.4 is 9.64 Å². The number of carbonyl (C=O) groups is 1. The van der Waals surface area contributed by atoms with Crippen molar-refractivity contribution in [1.82, 2.24) is 9.88 Å². The van der Waals surface area contributed by atoms with Gasteiger partial charge in [-0.1, -0.05) is 42.0 Å². The largest absolute Gasteiger partial charge is 0.487 e. The van der Waals surface area contributed by atoms with E-state index in [1.165, 1.54) is 11.8 Å². The maximum atomic E-state index is 12.5. The van der Waals surface area contributed by atoms with E-state index in [1.807, 2.05) is 35.2 Å². The highest BCUT2D eigenvalue weighted by Gasteiger charge is 2.24. The van der Waals surface area contributed by atoms with Crippen molar-refractivity contribution < 1.29 is 13.9 Å². The number of furan rings is 1. The molecule has 0 saturated carbocycles. The SMILES string of the molecule is Cc1cccc(COc2cccc3ccc(N4CCN(C(=O)c5ccco5)CC4)nc23)c1. The summed E-state index contributed by atoms with van der Waals surface area (Å²) in [6, 6.07) is 21.9. The van der Waals surface area contributed by atoms with Gasteiger partial charge < -0.3 is 19.0 Å². The van der Waals surface area contributed by atoms with Gasteiger partial charge in [0.15, 0.2) is 5.76 Å². The molecular formula is C26H25N3O3. The Morgan fingerprint density at radius 1 is 1.00 bits per heavy atom. The highest BCUT2D eigenvalue weighted by atomic mass is 16.5. The number of pyridine rings is 1. The molecule has 1 amide bonds. The summed E-state index contributed by atoms with van der Waals surface area (Å²) in [5.41, 5.74) is 3.20. The average Bonchev–Trinajstić information content (AvgIpc) is 3.37. The Hall–Kier alpha value is -3.80. The van der Waals surface area contributed by atoms with Gasteiger partial charge in [-0.05, 0) is 42.8 Å². The summed E-state index contributed by atoms with van der Waals surface area (Å²) in [7, 11) is 0. The number of carbonyl (C=O) groups excluding carboxylic acids is 1. The number of benzene rings is 2. The molecule has 1 aliphatic heterocycles. The van der Waals surface area contributed by atoms with Crippen molar-refractivity contribution in [2.45, 2.75) is 13.5 Å². The number of aryl methyl sites for hydroxylation is 1. The minimum absolute atomic E-state index is 0.0621. The number of piperazine rings is 1. The number of aromatic nitrogens is 1. The first-order chi connectivity index (χ1) is 15.7. The van der Waals surface area contributed by atoms with Crippen LogP contribution in [0.15, 0.2) is 77.4 Å². The number of fused-ring (bicyclic) bond motifs is 1. The predicted molar refractivity (Wildman–Crippen MR) is 124 cm³/mol. The summed E-state index contributed by atoms with van der Waals surface area (Å²) in [5.74, 6) is 2.00. The average molecular weight is 428 g/mol. The minimum atomic E-state index is -0.0621. The van der Waals surface area contributed by atoms with E-state index in [4.69, 9.17) is 14.1 Å². The first kappa shape index (κ1) is 20.1. The molecule has 1 saturated heterocycles. The third-order valence-corrected chi connectivity index (χ3v) is 5.77. The van der Waals surface area contributed by atoms with Crippen molar-refractivity contribution >= 4 is 22.6 Å². The van der Waals surface area contributed by atoms with Crippen molar-refractivity contribution in [3.63, 3.8) is 0 Å². The number of anilines is 1. The van der Waals surface area contributed by atoms with Gasteiger partial charge in [-0.25, -0.2) is 4.98 Å². The number of hydrogen-bond acceptors (Lipinski definition) is 5. The highest BCUT2D eigenvalue weighted by Crippen LogP contribution is 2.28. The first-order valence-electron chi connectivity index (χ1n) is 10.8. The Kier molecular flexibility index (Phi) is 5.50. The second-order valence-electron chi connectivity index (χ2n) is 8.03. The second kappa shape index (κ2) is 8.75. The molecule has 6 nitrogen and oxygen atoms in total. The molecule has 0 N–H and O–H groups in total. The molecule has 0 unspecified atom stereocenters. The lowest BCUT2D eigenvalue weighted by molar-refractivity contribution is 0.0714. The van der Waals surface area contributed by atoms with E-state index in [-0.39, 0.29) is 5.91 Å². The van der Waals surface area contributed by atoms with E-state index in [0.29, 0.717) is 25.5 Å². The van der Waals surface area contributed by atoms with Crippen LogP contribution >= 0.6 is 0 Å². The molecule has 1 fully saturated rings. The third kappa shape index (κ3) is 4.17. The number of para-hydroxylation sites is 1. The molecule has 0 aliphatic carbocycles. The summed E-state index contributed by atoms with van der Waals surface area (Å²) < 4.78 is 11.4. The standard InChI is InChI=1S/C26H25N3O3/c1-19-5-2-6-20(17-19)18-32-22-8-3-7-21-10-11-24(27-25(21)22)28-12-14-29(15-13-28)26(30)23-9-4-16-31-23/h2-11,16-17H,12-15,18H2,1H3. The van der Waals surface area contributed by atoms with Gasteiger partial charge in [-0.3, -0.25) is 4.79 Å². The van der Waals surface area contributed by atoms with E-state index in [0.717, 1.165) is 41.1 Å². The van der Waals surface area contributed by atoms with Crippen LogP contribution in [0.25, 0.3) is 10.9 Å². The van der Waals surface area contributed by atoms with Crippen LogP contribution in [0.4, 0.5) is 5.82 Å². The molecule has 3 heterocycles. The Balaban J connectivity index is 1.31. The summed E-state index contributed by atoms with van der Waals surface area (Å²) in [6.07, 6.45) is 1.53. The fourth-order valence-electron chi connectivity index (χ4n) is 4.06. The molecule has 0 atom stereocenters. The first-order valence-corrected chi connectivity index (χ1v) is 10.8. The lowest BCUT2D eigenvalue weighted by Gasteiger charge is -2.35. The molecule has 5 rings (SSSR count). The van der Waals surface area contributed by atoms with Crippen LogP contribution in [0.2, 0.25) is 0 Å². The molecule has 2 aromatic carbocycles. The molecule has 1 aliphatic rings. The van der Waals surface area contributed by atoms with E-state index >= 15 is 0 Å². The normalized spacial score (nSPS) is 14.0. The number of nitrogens with zero attached hydrogens (tertiary/aromatic N) is 3.